The topological polar surface area (TPSA) is 83.9 Å². The molecule has 6 nitrogen and oxygen atoms in total. The predicted octanol–water partition coefficient (Wildman–Crippen LogP) is 1.32. The summed E-state index contributed by atoms with van der Waals surface area (Å²) in [5.74, 6) is -1.10. The van der Waals surface area contributed by atoms with E-state index in [4.69, 9.17) is 9.84 Å². The van der Waals surface area contributed by atoms with Crippen LogP contribution in [0.15, 0.2) is 0 Å². The summed E-state index contributed by atoms with van der Waals surface area (Å²) < 4.78 is 30.9. The number of hydrogen-bond acceptors (Lipinski definition) is 4. The third kappa shape index (κ3) is 6.89. The van der Waals surface area contributed by atoms with Crippen LogP contribution in [0.25, 0.3) is 0 Å². The van der Waals surface area contributed by atoms with Crippen LogP contribution in [0.1, 0.15) is 39.5 Å². The molecule has 0 aromatic rings. The Morgan fingerprint density at radius 3 is 2.32 bits per heavy atom. The van der Waals surface area contributed by atoms with Gasteiger partial charge in [-0.3, -0.25) is 4.79 Å². The molecule has 0 saturated carbocycles. The zero-order valence-corrected chi connectivity index (χ0v) is 12.8. The van der Waals surface area contributed by atoms with E-state index in [0.717, 1.165) is 12.8 Å². The largest absolute Gasteiger partial charge is 0.481 e. The Morgan fingerprint density at radius 1 is 1.32 bits per heavy atom. The summed E-state index contributed by atoms with van der Waals surface area (Å²) in [4.78, 5) is 10.4. The van der Waals surface area contributed by atoms with Gasteiger partial charge in [-0.15, -0.1) is 0 Å². The monoisotopic (exact) mass is 295 g/mol. The number of rotatable bonds is 11. The van der Waals surface area contributed by atoms with Gasteiger partial charge < -0.3 is 9.84 Å². The Hall–Kier alpha value is -0.660. The number of nitrogens with zero attached hydrogens (tertiary/aromatic N) is 1. The van der Waals surface area contributed by atoms with Crippen LogP contribution in [0.5, 0.6) is 0 Å². The number of carbonyl (C=O) groups is 1. The van der Waals surface area contributed by atoms with E-state index < -0.39 is 16.0 Å². The molecular weight excluding hydrogens is 270 g/mol. The molecule has 19 heavy (non-hydrogen) atoms. The molecule has 0 aliphatic carbocycles. The fraction of sp³-hybridized carbons (Fsp3) is 0.917. The fourth-order valence-corrected chi connectivity index (χ4v) is 3.80. The summed E-state index contributed by atoms with van der Waals surface area (Å²) in [6.07, 6.45) is 1.48. The molecule has 1 N–H and O–H groups in total. The van der Waals surface area contributed by atoms with Gasteiger partial charge >= 0.3 is 5.97 Å². The van der Waals surface area contributed by atoms with Gasteiger partial charge in [0.2, 0.25) is 10.0 Å². The standard InChI is InChI=1S/C12H25NO5S/c1-4-11(5-2)13(8-9-18-3)19(16,17)10-6-7-12(14)15/h11H,4-10H2,1-3H3,(H,14,15). The van der Waals surface area contributed by atoms with Crippen molar-refractivity contribution in [2.45, 2.75) is 45.6 Å². The first kappa shape index (κ1) is 18.3. The minimum Gasteiger partial charge on any atom is -0.481 e. The van der Waals surface area contributed by atoms with Crippen molar-refractivity contribution >= 4 is 16.0 Å². The zero-order valence-electron chi connectivity index (χ0n) is 12.0. The number of carboxylic acids is 1. The van der Waals surface area contributed by atoms with Crippen molar-refractivity contribution in [3.8, 4) is 0 Å². The average molecular weight is 295 g/mol. The normalized spacial score (nSPS) is 12.3. The van der Waals surface area contributed by atoms with Crippen molar-refractivity contribution < 1.29 is 23.1 Å². The third-order valence-corrected chi connectivity index (χ3v) is 5.02. The summed E-state index contributed by atoms with van der Waals surface area (Å²) in [6, 6.07) is -0.0509. The average Bonchev–Trinajstić information content (AvgIpc) is 2.33. The van der Waals surface area contributed by atoms with Gasteiger partial charge in [-0.25, -0.2) is 8.42 Å². The van der Waals surface area contributed by atoms with Gasteiger partial charge in [0.1, 0.15) is 0 Å². The lowest BCUT2D eigenvalue weighted by Gasteiger charge is -2.29. The third-order valence-electron chi connectivity index (χ3n) is 3.02. The van der Waals surface area contributed by atoms with Crippen LogP contribution in [0.2, 0.25) is 0 Å². The number of carboxylic acid groups (broad SMARTS) is 1. The Kier molecular flexibility index (Phi) is 8.95. The van der Waals surface area contributed by atoms with E-state index in [-0.39, 0.29) is 24.6 Å². The van der Waals surface area contributed by atoms with Gasteiger partial charge in [0, 0.05) is 26.1 Å². The number of aliphatic carboxylic acids is 1. The SMILES string of the molecule is CCC(CC)N(CCOC)S(=O)(=O)CCCC(=O)O. The second-order valence-corrected chi connectivity index (χ2v) is 6.43. The number of ether oxygens (including phenoxy) is 1. The molecule has 0 amide bonds. The molecule has 0 spiro atoms. The van der Waals surface area contributed by atoms with Crippen molar-refractivity contribution in [1.82, 2.24) is 4.31 Å². The smallest absolute Gasteiger partial charge is 0.303 e. The summed E-state index contributed by atoms with van der Waals surface area (Å²) in [5, 5.41) is 8.56. The quantitative estimate of drug-likeness (QED) is 0.621. The molecule has 0 rings (SSSR count). The second kappa shape index (κ2) is 9.28. The Morgan fingerprint density at radius 2 is 1.89 bits per heavy atom. The Labute approximate surface area is 115 Å². The van der Waals surface area contributed by atoms with Crippen molar-refractivity contribution in [3.63, 3.8) is 0 Å². The van der Waals surface area contributed by atoms with Gasteiger partial charge in [-0.05, 0) is 19.3 Å². The van der Waals surface area contributed by atoms with E-state index in [2.05, 4.69) is 0 Å². The minimum absolute atomic E-state index is 0.0509. The summed E-state index contributed by atoms with van der Waals surface area (Å²) >= 11 is 0. The number of sulfonamides is 1. The van der Waals surface area contributed by atoms with Crippen molar-refractivity contribution in [2.24, 2.45) is 0 Å². The van der Waals surface area contributed by atoms with E-state index >= 15 is 0 Å². The maximum absolute atomic E-state index is 12.3. The van der Waals surface area contributed by atoms with Crippen LogP contribution in [-0.2, 0) is 19.6 Å². The second-order valence-electron chi connectivity index (χ2n) is 4.39. The van der Waals surface area contributed by atoms with Crippen LogP contribution in [0, 0.1) is 0 Å². The minimum atomic E-state index is -3.42. The lowest BCUT2D eigenvalue weighted by molar-refractivity contribution is -0.137. The van der Waals surface area contributed by atoms with Gasteiger partial charge in [-0.2, -0.15) is 4.31 Å². The highest BCUT2D eigenvalue weighted by Gasteiger charge is 2.27. The first-order valence-corrected chi connectivity index (χ1v) is 8.20. The molecule has 0 aliphatic rings. The fourth-order valence-electron chi connectivity index (χ4n) is 1.95. The molecule has 0 unspecified atom stereocenters. The van der Waals surface area contributed by atoms with E-state index in [9.17, 15) is 13.2 Å². The molecule has 0 heterocycles. The summed E-state index contributed by atoms with van der Waals surface area (Å²) in [6.45, 7) is 4.55. The molecule has 0 aromatic carbocycles. The molecule has 0 aromatic heterocycles. The van der Waals surface area contributed by atoms with E-state index in [0.29, 0.717) is 13.2 Å². The van der Waals surface area contributed by atoms with Crippen molar-refractivity contribution in [2.75, 3.05) is 26.0 Å². The van der Waals surface area contributed by atoms with Crippen LogP contribution >= 0.6 is 0 Å². The molecule has 0 atom stereocenters. The first-order valence-electron chi connectivity index (χ1n) is 6.59. The van der Waals surface area contributed by atoms with E-state index in [1.165, 1.54) is 11.4 Å². The molecule has 0 saturated heterocycles. The highest BCUT2D eigenvalue weighted by Crippen LogP contribution is 2.15. The number of methoxy groups -OCH3 is 1. The van der Waals surface area contributed by atoms with Crippen molar-refractivity contribution in [3.05, 3.63) is 0 Å². The Bertz CT molecular complexity index is 351. The molecule has 0 aliphatic heterocycles. The predicted molar refractivity (Wildman–Crippen MR) is 73.6 cm³/mol. The Balaban J connectivity index is 4.74. The molecule has 0 bridgehead atoms. The van der Waals surface area contributed by atoms with Crippen LogP contribution in [0.3, 0.4) is 0 Å². The van der Waals surface area contributed by atoms with E-state index in [1.54, 1.807) is 0 Å². The molecular formula is C12H25NO5S. The van der Waals surface area contributed by atoms with Gasteiger partial charge in [0.15, 0.2) is 0 Å². The van der Waals surface area contributed by atoms with Gasteiger partial charge in [0.05, 0.1) is 12.4 Å². The van der Waals surface area contributed by atoms with Crippen LogP contribution < -0.4 is 0 Å². The molecule has 114 valence electrons. The van der Waals surface area contributed by atoms with Gasteiger partial charge in [0.25, 0.3) is 0 Å². The molecule has 0 radical (unpaired) electrons. The van der Waals surface area contributed by atoms with Crippen LogP contribution in [-0.4, -0.2) is 55.9 Å². The lowest BCUT2D eigenvalue weighted by atomic mass is 10.2. The highest BCUT2D eigenvalue weighted by atomic mass is 32.2. The molecule has 0 fully saturated rings. The first-order chi connectivity index (χ1) is 8.88. The van der Waals surface area contributed by atoms with E-state index in [1.807, 2.05) is 13.8 Å². The lowest BCUT2D eigenvalue weighted by Crippen LogP contribution is -2.43. The molecule has 7 heteroatoms. The van der Waals surface area contributed by atoms with Gasteiger partial charge in [-0.1, -0.05) is 13.8 Å². The number of hydrogen-bond donors (Lipinski definition) is 1. The summed E-state index contributed by atoms with van der Waals surface area (Å²) in [7, 11) is -1.89. The summed E-state index contributed by atoms with van der Waals surface area (Å²) in [5.41, 5.74) is 0. The zero-order chi connectivity index (χ0) is 14.9. The highest BCUT2D eigenvalue weighted by molar-refractivity contribution is 7.89. The maximum atomic E-state index is 12.3. The maximum Gasteiger partial charge on any atom is 0.303 e. The van der Waals surface area contributed by atoms with Crippen LogP contribution in [0.4, 0.5) is 0 Å². The van der Waals surface area contributed by atoms with Crippen molar-refractivity contribution in [1.29, 1.82) is 0 Å².